The van der Waals surface area contributed by atoms with Gasteiger partial charge in [-0.1, -0.05) is 0 Å². The minimum atomic E-state index is -0.0399. The topological polar surface area (TPSA) is 60.2 Å². The molecule has 1 unspecified atom stereocenters. The highest BCUT2D eigenvalue weighted by Gasteiger charge is 2.26. The van der Waals surface area contributed by atoms with Crippen LogP contribution in [0.1, 0.15) is 36.4 Å². The summed E-state index contributed by atoms with van der Waals surface area (Å²) in [6.07, 6.45) is 5.86. The van der Waals surface area contributed by atoms with Crippen molar-refractivity contribution in [2.45, 2.75) is 24.8 Å². The molecule has 2 aromatic rings. The second-order valence-electron chi connectivity index (χ2n) is 4.74. The molecule has 100 valence electrons. The van der Waals surface area contributed by atoms with E-state index in [1.54, 1.807) is 19.6 Å². The Labute approximate surface area is 112 Å². The van der Waals surface area contributed by atoms with Crippen molar-refractivity contribution >= 4 is 5.82 Å². The van der Waals surface area contributed by atoms with Crippen LogP contribution in [0.25, 0.3) is 0 Å². The van der Waals surface area contributed by atoms with E-state index in [1.165, 1.54) is 12.8 Å². The van der Waals surface area contributed by atoms with E-state index in [1.807, 2.05) is 18.2 Å². The second kappa shape index (κ2) is 5.40. The first-order chi connectivity index (χ1) is 9.36. The quantitative estimate of drug-likeness (QED) is 0.864. The predicted octanol–water partition coefficient (Wildman–Crippen LogP) is 2.75. The predicted molar refractivity (Wildman–Crippen MR) is 71.0 cm³/mol. The van der Waals surface area contributed by atoms with E-state index in [0.29, 0.717) is 12.5 Å². The Hall–Kier alpha value is -1.88. The number of rotatable bonds is 6. The highest BCUT2D eigenvalue weighted by Crippen LogP contribution is 2.38. The van der Waals surface area contributed by atoms with Gasteiger partial charge in [0.1, 0.15) is 23.4 Å². The Kier molecular flexibility index (Phi) is 3.46. The summed E-state index contributed by atoms with van der Waals surface area (Å²) >= 11 is 0. The molecule has 1 fully saturated rings. The smallest absolute Gasteiger partial charge is 0.133 e. The molecule has 0 saturated heterocycles. The second-order valence-corrected chi connectivity index (χ2v) is 4.74. The number of methoxy groups -OCH3 is 1. The molecule has 0 aromatic carbocycles. The molecule has 5 heteroatoms. The lowest BCUT2D eigenvalue weighted by Gasteiger charge is -2.16. The van der Waals surface area contributed by atoms with Crippen LogP contribution in [-0.2, 0) is 4.74 Å². The van der Waals surface area contributed by atoms with Crippen molar-refractivity contribution in [2.75, 3.05) is 19.0 Å². The highest BCUT2D eigenvalue weighted by atomic mass is 16.5. The summed E-state index contributed by atoms with van der Waals surface area (Å²) in [5, 5.41) is 3.34. The van der Waals surface area contributed by atoms with Crippen molar-refractivity contribution in [2.24, 2.45) is 0 Å². The van der Waals surface area contributed by atoms with Gasteiger partial charge in [0.25, 0.3) is 0 Å². The third-order valence-electron chi connectivity index (χ3n) is 3.16. The molecule has 3 rings (SSSR count). The summed E-state index contributed by atoms with van der Waals surface area (Å²) in [6, 6.07) is 5.63. The minimum Gasteiger partial charge on any atom is -0.467 e. The summed E-state index contributed by atoms with van der Waals surface area (Å²) in [4.78, 5) is 8.86. The maximum Gasteiger partial charge on any atom is 0.133 e. The summed E-state index contributed by atoms with van der Waals surface area (Å²) in [5.74, 6) is 3.13. The molecule has 19 heavy (non-hydrogen) atoms. The van der Waals surface area contributed by atoms with Crippen molar-refractivity contribution in [1.82, 2.24) is 9.97 Å². The number of furan rings is 1. The first kappa shape index (κ1) is 12.2. The monoisotopic (exact) mass is 259 g/mol. The van der Waals surface area contributed by atoms with E-state index in [4.69, 9.17) is 9.15 Å². The first-order valence-electron chi connectivity index (χ1n) is 6.48. The minimum absolute atomic E-state index is 0.0399. The standard InChI is InChI=1S/C14H17N3O2/c1-18-9-11(12-3-2-8-19-12)16-13-6-7-15-14(17-13)10-4-5-10/h2-3,6-8,10-11H,4-5,9H2,1H3,(H,15,16,17). The summed E-state index contributed by atoms with van der Waals surface area (Å²) < 4.78 is 10.6. The normalized spacial score (nSPS) is 16.3. The molecule has 0 spiro atoms. The van der Waals surface area contributed by atoms with Gasteiger partial charge in [0.05, 0.1) is 12.9 Å². The Bertz CT molecular complexity index is 523. The zero-order valence-electron chi connectivity index (χ0n) is 10.9. The SMILES string of the molecule is COCC(Nc1ccnc(C2CC2)n1)c1ccco1. The molecule has 0 radical (unpaired) electrons. The molecule has 0 aliphatic heterocycles. The van der Waals surface area contributed by atoms with Gasteiger partial charge in [0.15, 0.2) is 0 Å². The molecule has 5 nitrogen and oxygen atoms in total. The van der Waals surface area contributed by atoms with Crippen LogP contribution >= 0.6 is 0 Å². The van der Waals surface area contributed by atoms with E-state index in [2.05, 4.69) is 15.3 Å². The van der Waals surface area contributed by atoms with E-state index in [-0.39, 0.29) is 6.04 Å². The maximum atomic E-state index is 5.42. The van der Waals surface area contributed by atoms with Crippen molar-refractivity contribution < 1.29 is 9.15 Å². The fraction of sp³-hybridized carbons (Fsp3) is 0.429. The van der Waals surface area contributed by atoms with Crippen LogP contribution in [0, 0.1) is 0 Å². The summed E-state index contributed by atoms with van der Waals surface area (Å²) in [6.45, 7) is 0.524. The molecule has 0 bridgehead atoms. The fourth-order valence-corrected chi connectivity index (χ4v) is 2.02. The molecular weight excluding hydrogens is 242 g/mol. The van der Waals surface area contributed by atoms with Crippen LogP contribution in [-0.4, -0.2) is 23.7 Å². The van der Waals surface area contributed by atoms with E-state index in [9.17, 15) is 0 Å². The highest BCUT2D eigenvalue weighted by molar-refractivity contribution is 5.36. The zero-order valence-corrected chi connectivity index (χ0v) is 10.9. The van der Waals surface area contributed by atoms with Gasteiger partial charge in [-0.05, 0) is 31.0 Å². The van der Waals surface area contributed by atoms with Crippen LogP contribution in [0.15, 0.2) is 35.1 Å². The van der Waals surface area contributed by atoms with Gasteiger partial charge in [0.2, 0.25) is 0 Å². The number of hydrogen-bond donors (Lipinski definition) is 1. The van der Waals surface area contributed by atoms with Crippen molar-refractivity contribution in [1.29, 1.82) is 0 Å². The molecule has 2 aromatic heterocycles. The van der Waals surface area contributed by atoms with Crippen LogP contribution in [0.4, 0.5) is 5.82 Å². The molecule has 1 saturated carbocycles. The zero-order chi connectivity index (χ0) is 13.1. The van der Waals surface area contributed by atoms with Gasteiger partial charge in [-0.3, -0.25) is 0 Å². The summed E-state index contributed by atoms with van der Waals surface area (Å²) in [5.41, 5.74) is 0. The summed E-state index contributed by atoms with van der Waals surface area (Å²) in [7, 11) is 1.67. The van der Waals surface area contributed by atoms with E-state index >= 15 is 0 Å². The van der Waals surface area contributed by atoms with Crippen LogP contribution in [0.5, 0.6) is 0 Å². The van der Waals surface area contributed by atoms with Gasteiger partial charge in [-0.25, -0.2) is 9.97 Å². The number of aromatic nitrogens is 2. The van der Waals surface area contributed by atoms with Gasteiger partial charge in [-0.2, -0.15) is 0 Å². The average molecular weight is 259 g/mol. The number of nitrogens with zero attached hydrogens (tertiary/aromatic N) is 2. The van der Waals surface area contributed by atoms with Gasteiger partial charge in [-0.15, -0.1) is 0 Å². The van der Waals surface area contributed by atoms with Crippen molar-refractivity contribution in [3.63, 3.8) is 0 Å². The molecular formula is C14H17N3O2. The van der Waals surface area contributed by atoms with E-state index < -0.39 is 0 Å². The lowest BCUT2D eigenvalue weighted by molar-refractivity contribution is 0.178. The molecule has 1 aliphatic carbocycles. The third-order valence-corrected chi connectivity index (χ3v) is 3.16. The number of nitrogens with one attached hydrogen (secondary N) is 1. The fourth-order valence-electron chi connectivity index (χ4n) is 2.02. The van der Waals surface area contributed by atoms with Gasteiger partial charge < -0.3 is 14.5 Å². The molecule has 0 amide bonds. The van der Waals surface area contributed by atoms with E-state index in [0.717, 1.165) is 17.4 Å². The van der Waals surface area contributed by atoms with Crippen molar-refractivity contribution in [3.8, 4) is 0 Å². The van der Waals surface area contributed by atoms with Gasteiger partial charge >= 0.3 is 0 Å². The molecule has 2 heterocycles. The molecule has 1 aliphatic rings. The van der Waals surface area contributed by atoms with Crippen LogP contribution in [0.3, 0.4) is 0 Å². The van der Waals surface area contributed by atoms with Crippen LogP contribution in [0.2, 0.25) is 0 Å². The van der Waals surface area contributed by atoms with Gasteiger partial charge in [0, 0.05) is 19.2 Å². The Morgan fingerprint density at radius 3 is 3.05 bits per heavy atom. The Balaban J connectivity index is 1.75. The Morgan fingerprint density at radius 2 is 2.37 bits per heavy atom. The number of hydrogen-bond acceptors (Lipinski definition) is 5. The lowest BCUT2D eigenvalue weighted by Crippen LogP contribution is -2.16. The number of anilines is 1. The maximum absolute atomic E-state index is 5.42. The molecule has 1 atom stereocenters. The third kappa shape index (κ3) is 2.93. The average Bonchev–Trinajstić information content (AvgIpc) is 3.14. The first-order valence-corrected chi connectivity index (χ1v) is 6.48. The largest absolute Gasteiger partial charge is 0.467 e. The van der Waals surface area contributed by atoms with Crippen LogP contribution < -0.4 is 5.32 Å². The Morgan fingerprint density at radius 1 is 1.47 bits per heavy atom. The lowest BCUT2D eigenvalue weighted by atomic mass is 10.2. The number of ether oxygens (including phenoxy) is 1. The van der Waals surface area contributed by atoms with Crippen molar-refractivity contribution in [3.05, 3.63) is 42.2 Å². The molecule has 1 N–H and O–H groups in total.